The topological polar surface area (TPSA) is 79.8 Å². The zero-order chi connectivity index (χ0) is 16.8. The minimum atomic E-state index is -0.263. The largest absolute Gasteiger partial charge is 0.347 e. The highest BCUT2D eigenvalue weighted by Crippen LogP contribution is 2.14. The molecule has 0 aliphatic carbocycles. The van der Waals surface area contributed by atoms with E-state index in [9.17, 15) is 4.79 Å². The van der Waals surface area contributed by atoms with Gasteiger partial charge >= 0.3 is 0 Å². The van der Waals surface area contributed by atoms with Gasteiger partial charge < -0.3 is 10.6 Å². The van der Waals surface area contributed by atoms with Crippen molar-refractivity contribution in [2.75, 3.05) is 5.32 Å². The molecule has 3 rings (SSSR count). The van der Waals surface area contributed by atoms with Gasteiger partial charge in [-0.15, -0.1) is 10.2 Å². The molecular weight excluding hydrogens is 302 g/mol. The van der Waals surface area contributed by atoms with Gasteiger partial charge in [0.25, 0.3) is 5.91 Å². The Kier molecular flexibility index (Phi) is 4.76. The lowest BCUT2D eigenvalue weighted by Crippen LogP contribution is -2.24. The van der Waals surface area contributed by atoms with E-state index in [1.54, 1.807) is 24.5 Å². The summed E-state index contributed by atoms with van der Waals surface area (Å²) in [5, 5.41) is 14.0. The van der Waals surface area contributed by atoms with Crippen LogP contribution >= 0.6 is 0 Å². The summed E-state index contributed by atoms with van der Waals surface area (Å²) in [4.78, 5) is 16.0. The van der Waals surface area contributed by atoms with Crippen LogP contribution < -0.4 is 10.6 Å². The van der Waals surface area contributed by atoms with Crippen LogP contribution in [-0.2, 0) is 6.54 Å². The molecule has 2 aromatic heterocycles. The first-order chi connectivity index (χ1) is 11.7. The highest BCUT2D eigenvalue weighted by Gasteiger charge is 2.08. The molecule has 0 bridgehead atoms. The summed E-state index contributed by atoms with van der Waals surface area (Å²) in [5.41, 5.74) is 3.36. The van der Waals surface area contributed by atoms with E-state index in [2.05, 4.69) is 25.8 Å². The molecule has 0 fully saturated rings. The number of nitrogens with zero attached hydrogens (tertiary/aromatic N) is 3. The maximum Gasteiger partial charge on any atom is 0.272 e. The van der Waals surface area contributed by atoms with Crippen molar-refractivity contribution in [3.8, 4) is 0 Å². The number of hydrogen-bond acceptors (Lipinski definition) is 5. The van der Waals surface area contributed by atoms with E-state index in [4.69, 9.17) is 0 Å². The highest BCUT2D eigenvalue weighted by atomic mass is 16.1. The summed E-state index contributed by atoms with van der Waals surface area (Å²) < 4.78 is 0. The molecule has 0 unspecified atom stereocenters. The van der Waals surface area contributed by atoms with Crippen molar-refractivity contribution < 1.29 is 4.79 Å². The van der Waals surface area contributed by atoms with Crippen molar-refractivity contribution in [3.05, 3.63) is 77.7 Å². The fourth-order valence-electron chi connectivity index (χ4n) is 2.08. The standard InChI is InChI=1S/C18H17N5O/c1-13-2-4-15(5-3-13)21-17-7-6-16(22-23-17)18(24)20-12-14-8-10-19-11-9-14/h2-11H,12H2,1H3,(H,20,24)(H,21,23). The third-order valence-electron chi connectivity index (χ3n) is 3.42. The molecule has 0 aliphatic rings. The van der Waals surface area contributed by atoms with Crippen molar-refractivity contribution >= 4 is 17.4 Å². The number of amides is 1. The summed E-state index contributed by atoms with van der Waals surface area (Å²) >= 11 is 0. The number of rotatable bonds is 5. The average molecular weight is 319 g/mol. The quantitative estimate of drug-likeness (QED) is 0.756. The van der Waals surface area contributed by atoms with Gasteiger partial charge in [0.2, 0.25) is 0 Å². The predicted octanol–water partition coefficient (Wildman–Crippen LogP) is 2.85. The van der Waals surface area contributed by atoms with E-state index in [0.29, 0.717) is 12.4 Å². The smallest absolute Gasteiger partial charge is 0.272 e. The Morgan fingerprint density at radius 1 is 0.958 bits per heavy atom. The molecule has 2 heterocycles. The summed E-state index contributed by atoms with van der Waals surface area (Å²) in [5.74, 6) is 0.325. The molecule has 3 aromatic rings. The van der Waals surface area contributed by atoms with Crippen LogP contribution in [-0.4, -0.2) is 21.1 Å². The summed E-state index contributed by atoms with van der Waals surface area (Å²) in [7, 11) is 0. The Morgan fingerprint density at radius 2 is 1.71 bits per heavy atom. The molecule has 6 heteroatoms. The maximum absolute atomic E-state index is 12.1. The number of carbonyl (C=O) groups is 1. The second kappa shape index (κ2) is 7.32. The first-order valence-corrected chi connectivity index (χ1v) is 7.55. The van der Waals surface area contributed by atoms with E-state index in [0.717, 1.165) is 11.3 Å². The molecule has 0 saturated carbocycles. The Balaban J connectivity index is 1.59. The van der Waals surface area contributed by atoms with Gasteiger partial charge in [0.15, 0.2) is 11.5 Å². The summed E-state index contributed by atoms with van der Waals surface area (Å²) in [6, 6.07) is 15.0. The fraction of sp³-hybridized carbons (Fsp3) is 0.111. The SMILES string of the molecule is Cc1ccc(Nc2ccc(C(=O)NCc3ccncc3)nn2)cc1. The molecule has 1 aromatic carbocycles. The van der Waals surface area contributed by atoms with E-state index in [1.807, 2.05) is 43.3 Å². The van der Waals surface area contributed by atoms with Crippen LogP contribution in [0.25, 0.3) is 0 Å². The Hall–Kier alpha value is -3.28. The van der Waals surface area contributed by atoms with Crippen LogP contribution in [0.15, 0.2) is 60.9 Å². The second-order valence-corrected chi connectivity index (χ2v) is 5.33. The number of hydrogen-bond donors (Lipinski definition) is 2. The number of aryl methyl sites for hydroxylation is 1. The summed E-state index contributed by atoms with van der Waals surface area (Å²) in [6.07, 6.45) is 3.37. The Labute approximate surface area is 140 Å². The van der Waals surface area contributed by atoms with Crippen molar-refractivity contribution in [2.45, 2.75) is 13.5 Å². The van der Waals surface area contributed by atoms with Crippen molar-refractivity contribution in [1.29, 1.82) is 0 Å². The Morgan fingerprint density at radius 3 is 2.38 bits per heavy atom. The molecule has 0 atom stereocenters. The van der Waals surface area contributed by atoms with Crippen molar-refractivity contribution in [2.24, 2.45) is 0 Å². The first-order valence-electron chi connectivity index (χ1n) is 7.55. The van der Waals surface area contributed by atoms with Crippen LogP contribution in [0.1, 0.15) is 21.6 Å². The third kappa shape index (κ3) is 4.13. The lowest BCUT2D eigenvalue weighted by Gasteiger charge is -2.07. The lowest BCUT2D eigenvalue weighted by atomic mass is 10.2. The zero-order valence-corrected chi connectivity index (χ0v) is 13.2. The molecule has 6 nitrogen and oxygen atoms in total. The van der Waals surface area contributed by atoms with Crippen LogP contribution in [0, 0.1) is 6.92 Å². The zero-order valence-electron chi connectivity index (χ0n) is 13.2. The number of carbonyl (C=O) groups excluding carboxylic acids is 1. The normalized spacial score (nSPS) is 10.2. The molecule has 1 amide bonds. The average Bonchev–Trinajstić information content (AvgIpc) is 2.63. The van der Waals surface area contributed by atoms with Gasteiger partial charge in [0.1, 0.15) is 0 Å². The maximum atomic E-state index is 12.1. The molecule has 0 spiro atoms. The first kappa shape index (κ1) is 15.6. The molecular formula is C18H17N5O. The third-order valence-corrected chi connectivity index (χ3v) is 3.42. The van der Waals surface area contributed by atoms with Gasteiger partial charge in [-0.25, -0.2) is 0 Å². The number of pyridine rings is 1. The van der Waals surface area contributed by atoms with Crippen LogP contribution in [0.3, 0.4) is 0 Å². The van der Waals surface area contributed by atoms with Gasteiger partial charge in [-0.2, -0.15) is 0 Å². The van der Waals surface area contributed by atoms with Crippen LogP contribution in [0.4, 0.5) is 11.5 Å². The number of aromatic nitrogens is 3. The molecule has 2 N–H and O–H groups in total. The molecule has 0 radical (unpaired) electrons. The van der Waals surface area contributed by atoms with Gasteiger partial charge in [-0.3, -0.25) is 9.78 Å². The van der Waals surface area contributed by atoms with E-state index < -0.39 is 0 Å². The van der Waals surface area contributed by atoms with E-state index in [1.165, 1.54) is 5.56 Å². The Bertz CT molecular complexity index is 801. The number of anilines is 2. The van der Waals surface area contributed by atoms with Crippen LogP contribution in [0.5, 0.6) is 0 Å². The lowest BCUT2D eigenvalue weighted by molar-refractivity contribution is 0.0945. The van der Waals surface area contributed by atoms with Gasteiger partial charge in [0.05, 0.1) is 0 Å². The number of nitrogens with one attached hydrogen (secondary N) is 2. The molecule has 0 saturated heterocycles. The van der Waals surface area contributed by atoms with Gasteiger partial charge in [-0.05, 0) is 48.9 Å². The van der Waals surface area contributed by atoms with Crippen LogP contribution in [0.2, 0.25) is 0 Å². The van der Waals surface area contributed by atoms with Crippen molar-refractivity contribution in [3.63, 3.8) is 0 Å². The number of benzene rings is 1. The highest BCUT2D eigenvalue weighted by molar-refractivity contribution is 5.92. The van der Waals surface area contributed by atoms with E-state index >= 15 is 0 Å². The van der Waals surface area contributed by atoms with E-state index in [-0.39, 0.29) is 11.6 Å². The minimum absolute atomic E-state index is 0.263. The molecule has 24 heavy (non-hydrogen) atoms. The summed E-state index contributed by atoms with van der Waals surface area (Å²) in [6.45, 7) is 2.45. The fourth-order valence-corrected chi connectivity index (χ4v) is 2.08. The van der Waals surface area contributed by atoms with Crippen molar-refractivity contribution in [1.82, 2.24) is 20.5 Å². The minimum Gasteiger partial charge on any atom is -0.347 e. The van der Waals surface area contributed by atoms with Gasteiger partial charge in [-0.1, -0.05) is 17.7 Å². The van der Waals surface area contributed by atoms with Gasteiger partial charge in [0, 0.05) is 24.6 Å². The monoisotopic (exact) mass is 319 g/mol. The molecule has 120 valence electrons. The molecule has 0 aliphatic heterocycles. The predicted molar refractivity (Wildman–Crippen MR) is 91.9 cm³/mol. The second-order valence-electron chi connectivity index (χ2n) is 5.33.